The van der Waals surface area contributed by atoms with Crippen LogP contribution in [0.25, 0.3) is 6.08 Å². The minimum absolute atomic E-state index is 0.0584. The van der Waals surface area contributed by atoms with Gasteiger partial charge in [-0.15, -0.1) is 0 Å². The SMILES string of the molecule is COc1ccc(OC)c(/C=C/C(=O)Nc2ccc(N(C)C(C)=O)cc2)c1. The van der Waals surface area contributed by atoms with E-state index in [9.17, 15) is 9.59 Å². The first-order valence-corrected chi connectivity index (χ1v) is 8.00. The van der Waals surface area contributed by atoms with Crippen molar-refractivity contribution in [1.82, 2.24) is 0 Å². The quantitative estimate of drug-likeness (QED) is 0.808. The second-order valence-electron chi connectivity index (χ2n) is 5.56. The zero-order valence-corrected chi connectivity index (χ0v) is 15.3. The standard InChI is InChI=1S/C20H22N2O4/c1-14(23)22(2)17-8-6-16(7-9-17)21-20(24)12-5-15-13-18(25-3)10-11-19(15)26-4/h5-13H,1-4H3,(H,21,24)/b12-5+. The molecule has 0 heterocycles. The molecule has 2 rings (SSSR count). The summed E-state index contributed by atoms with van der Waals surface area (Å²) in [6.07, 6.45) is 3.08. The Kier molecular flexibility index (Phi) is 6.38. The van der Waals surface area contributed by atoms with E-state index in [0.717, 1.165) is 11.3 Å². The van der Waals surface area contributed by atoms with Gasteiger partial charge in [0.25, 0.3) is 0 Å². The number of hydrogen-bond donors (Lipinski definition) is 1. The fourth-order valence-electron chi connectivity index (χ4n) is 2.27. The van der Waals surface area contributed by atoms with Crippen LogP contribution in [0.1, 0.15) is 12.5 Å². The molecule has 0 saturated carbocycles. The lowest BCUT2D eigenvalue weighted by Crippen LogP contribution is -2.22. The first kappa shape index (κ1) is 19.1. The summed E-state index contributed by atoms with van der Waals surface area (Å²) in [4.78, 5) is 25.0. The van der Waals surface area contributed by atoms with E-state index in [1.54, 1.807) is 69.8 Å². The molecule has 0 aliphatic heterocycles. The summed E-state index contributed by atoms with van der Waals surface area (Å²) >= 11 is 0. The summed E-state index contributed by atoms with van der Waals surface area (Å²) in [7, 11) is 4.84. The number of hydrogen-bond acceptors (Lipinski definition) is 4. The zero-order chi connectivity index (χ0) is 19.1. The number of benzene rings is 2. The van der Waals surface area contributed by atoms with Crippen molar-refractivity contribution in [1.29, 1.82) is 0 Å². The van der Waals surface area contributed by atoms with Crippen molar-refractivity contribution >= 4 is 29.3 Å². The molecule has 0 saturated heterocycles. The van der Waals surface area contributed by atoms with Crippen LogP contribution in [0.15, 0.2) is 48.5 Å². The van der Waals surface area contributed by atoms with Gasteiger partial charge in [0.2, 0.25) is 11.8 Å². The highest BCUT2D eigenvalue weighted by atomic mass is 16.5. The van der Waals surface area contributed by atoms with Crippen molar-refractivity contribution in [3.8, 4) is 11.5 Å². The molecule has 0 radical (unpaired) electrons. The van der Waals surface area contributed by atoms with Gasteiger partial charge in [0, 0.05) is 37.0 Å². The topological polar surface area (TPSA) is 67.9 Å². The second-order valence-corrected chi connectivity index (χ2v) is 5.56. The van der Waals surface area contributed by atoms with Crippen LogP contribution in [-0.4, -0.2) is 33.1 Å². The minimum Gasteiger partial charge on any atom is -0.497 e. The summed E-state index contributed by atoms with van der Waals surface area (Å²) in [6, 6.07) is 12.4. The maximum atomic E-state index is 12.1. The second kappa shape index (κ2) is 8.71. The Morgan fingerprint density at radius 1 is 1.04 bits per heavy atom. The van der Waals surface area contributed by atoms with Crippen LogP contribution in [0.3, 0.4) is 0 Å². The summed E-state index contributed by atoms with van der Waals surface area (Å²) in [6.45, 7) is 1.49. The Labute approximate surface area is 153 Å². The van der Waals surface area contributed by atoms with E-state index in [1.807, 2.05) is 0 Å². The van der Waals surface area contributed by atoms with Crippen molar-refractivity contribution in [2.24, 2.45) is 0 Å². The highest BCUT2D eigenvalue weighted by Crippen LogP contribution is 2.25. The van der Waals surface area contributed by atoms with Crippen LogP contribution in [0.4, 0.5) is 11.4 Å². The van der Waals surface area contributed by atoms with E-state index >= 15 is 0 Å². The van der Waals surface area contributed by atoms with Gasteiger partial charge in [0.1, 0.15) is 11.5 Å². The number of carbonyl (C=O) groups is 2. The molecule has 2 aromatic rings. The van der Waals surface area contributed by atoms with Crippen molar-refractivity contribution in [3.63, 3.8) is 0 Å². The number of carbonyl (C=O) groups excluding carboxylic acids is 2. The lowest BCUT2D eigenvalue weighted by molar-refractivity contribution is -0.116. The van der Waals surface area contributed by atoms with Crippen LogP contribution < -0.4 is 19.7 Å². The molecule has 26 heavy (non-hydrogen) atoms. The lowest BCUT2D eigenvalue weighted by atomic mass is 10.1. The Balaban J connectivity index is 2.07. The van der Waals surface area contributed by atoms with Crippen molar-refractivity contribution in [2.75, 3.05) is 31.5 Å². The van der Waals surface area contributed by atoms with Crippen molar-refractivity contribution < 1.29 is 19.1 Å². The molecule has 6 heteroatoms. The van der Waals surface area contributed by atoms with Gasteiger partial charge in [-0.1, -0.05) is 0 Å². The Hall–Kier alpha value is -3.28. The molecule has 0 fully saturated rings. The first-order valence-electron chi connectivity index (χ1n) is 8.00. The van der Waals surface area contributed by atoms with Crippen LogP contribution in [-0.2, 0) is 9.59 Å². The summed E-state index contributed by atoms with van der Waals surface area (Å²) in [5.41, 5.74) is 2.13. The Morgan fingerprint density at radius 3 is 2.31 bits per heavy atom. The van der Waals surface area contributed by atoms with E-state index in [1.165, 1.54) is 17.9 Å². The van der Waals surface area contributed by atoms with E-state index in [2.05, 4.69) is 5.32 Å². The Morgan fingerprint density at radius 2 is 1.73 bits per heavy atom. The predicted molar refractivity (Wildman–Crippen MR) is 103 cm³/mol. The van der Waals surface area contributed by atoms with Gasteiger partial charge >= 0.3 is 0 Å². The first-order chi connectivity index (χ1) is 12.4. The molecule has 0 aliphatic carbocycles. The van der Waals surface area contributed by atoms with E-state index in [4.69, 9.17) is 9.47 Å². The molecule has 136 valence electrons. The maximum Gasteiger partial charge on any atom is 0.248 e. The number of nitrogens with one attached hydrogen (secondary N) is 1. The van der Waals surface area contributed by atoms with E-state index in [0.29, 0.717) is 17.2 Å². The summed E-state index contributed by atoms with van der Waals surface area (Å²) < 4.78 is 10.5. The number of rotatable bonds is 6. The molecule has 6 nitrogen and oxygen atoms in total. The fourth-order valence-corrected chi connectivity index (χ4v) is 2.27. The highest BCUT2D eigenvalue weighted by Gasteiger charge is 2.06. The third-order valence-electron chi connectivity index (χ3n) is 3.85. The number of nitrogens with zero attached hydrogens (tertiary/aromatic N) is 1. The third kappa shape index (κ3) is 4.86. The molecule has 0 unspecified atom stereocenters. The largest absolute Gasteiger partial charge is 0.497 e. The number of anilines is 2. The average molecular weight is 354 g/mol. The normalized spacial score (nSPS) is 10.5. The summed E-state index contributed by atoms with van der Waals surface area (Å²) in [5, 5.41) is 2.77. The molecule has 0 spiro atoms. The van der Waals surface area contributed by atoms with Crippen LogP contribution in [0, 0.1) is 0 Å². The predicted octanol–water partition coefficient (Wildman–Crippen LogP) is 3.34. The van der Waals surface area contributed by atoms with Crippen LogP contribution in [0.5, 0.6) is 11.5 Å². The molecular formula is C20H22N2O4. The minimum atomic E-state index is -0.275. The van der Waals surface area contributed by atoms with Crippen LogP contribution >= 0.6 is 0 Å². The number of methoxy groups -OCH3 is 2. The fraction of sp³-hybridized carbons (Fsp3) is 0.200. The highest BCUT2D eigenvalue weighted by molar-refractivity contribution is 6.02. The molecule has 0 aromatic heterocycles. The van der Waals surface area contributed by atoms with Crippen LogP contribution in [0.2, 0.25) is 0 Å². The molecule has 0 aliphatic rings. The van der Waals surface area contributed by atoms with E-state index in [-0.39, 0.29) is 11.8 Å². The Bertz CT molecular complexity index is 813. The lowest BCUT2D eigenvalue weighted by Gasteiger charge is -2.15. The zero-order valence-electron chi connectivity index (χ0n) is 15.3. The average Bonchev–Trinajstić information content (AvgIpc) is 2.66. The third-order valence-corrected chi connectivity index (χ3v) is 3.85. The maximum absolute atomic E-state index is 12.1. The van der Waals surface area contributed by atoms with Gasteiger partial charge in [0.05, 0.1) is 14.2 Å². The molecule has 0 atom stereocenters. The smallest absolute Gasteiger partial charge is 0.248 e. The monoisotopic (exact) mass is 354 g/mol. The molecule has 1 N–H and O–H groups in total. The van der Waals surface area contributed by atoms with Gasteiger partial charge in [-0.2, -0.15) is 0 Å². The van der Waals surface area contributed by atoms with Crippen molar-refractivity contribution in [2.45, 2.75) is 6.92 Å². The number of amides is 2. The molecular weight excluding hydrogens is 332 g/mol. The van der Waals surface area contributed by atoms with E-state index < -0.39 is 0 Å². The van der Waals surface area contributed by atoms with Gasteiger partial charge < -0.3 is 19.7 Å². The molecule has 2 aromatic carbocycles. The van der Waals surface area contributed by atoms with Gasteiger partial charge in [0.15, 0.2) is 0 Å². The molecule has 2 amide bonds. The molecule has 0 bridgehead atoms. The van der Waals surface area contributed by atoms with Gasteiger partial charge in [-0.3, -0.25) is 9.59 Å². The van der Waals surface area contributed by atoms with Gasteiger partial charge in [-0.05, 0) is 48.5 Å². The van der Waals surface area contributed by atoms with Gasteiger partial charge in [-0.25, -0.2) is 0 Å². The summed E-state index contributed by atoms with van der Waals surface area (Å²) in [5.74, 6) is 0.988. The number of ether oxygens (including phenoxy) is 2. The van der Waals surface area contributed by atoms with Crippen molar-refractivity contribution in [3.05, 3.63) is 54.1 Å².